The normalized spacial score (nSPS) is 14.1. The van der Waals surface area contributed by atoms with Gasteiger partial charge in [-0.2, -0.15) is 0 Å². The smallest absolute Gasteiger partial charge is 0.262 e. The van der Waals surface area contributed by atoms with Crippen LogP contribution in [0.25, 0.3) is 0 Å². The van der Waals surface area contributed by atoms with E-state index in [1.54, 1.807) is 35.6 Å². The third-order valence-electron chi connectivity index (χ3n) is 3.63. The van der Waals surface area contributed by atoms with Crippen molar-refractivity contribution in [3.63, 3.8) is 0 Å². The molecule has 2 aromatic rings. The Labute approximate surface area is 127 Å². The molecule has 0 fully saturated rings. The summed E-state index contributed by atoms with van der Waals surface area (Å²) in [5, 5.41) is 2.03. The lowest BCUT2D eigenvalue weighted by atomic mass is 10.1. The van der Waals surface area contributed by atoms with Crippen LogP contribution in [0.5, 0.6) is 0 Å². The first-order valence-electron chi connectivity index (χ1n) is 6.90. The fourth-order valence-corrected chi connectivity index (χ4v) is 3.20. The van der Waals surface area contributed by atoms with Gasteiger partial charge in [-0.3, -0.25) is 19.4 Å². The molecule has 0 aliphatic carbocycles. The Morgan fingerprint density at radius 3 is 2.24 bits per heavy atom. The van der Waals surface area contributed by atoms with Crippen molar-refractivity contribution < 1.29 is 9.59 Å². The molecule has 1 aromatic heterocycles. The van der Waals surface area contributed by atoms with Gasteiger partial charge < -0.3 is 0 Å². The van der Waals surface area contributed by atoms with Crippen LogP contribution >= 0.6 is 11.3 Å². The van der Waals surface area contributed by atoms with E-state index < -0.39 is 0 Å². The van der Waals surface area contributed by atoms with Crippen LogP contribution < -0.4 is 0 Å². The first-order chi connectivity index (χ1) is 10.2. The summed E-state index contributed by atoms with van der Waals surface area (Å²) >= 11 is 1.68. The Hall–Kier alpha value is -1.98. The lowest BCUT2D eigenvalue weighted by molar-refractivity contribution is 0.0539. The number of hydrogen-bond donors (Lipinski definition) is 0. The zero-order valence-corrected chi connectivity index (χ0v) is 12.6. The second-order valence-electron chi connectivity index (χ2n) is 4.95. The van der Waals surface area contributed by atoms with E-state index in [4.69, 9.17) is 0 Å². The maximum atomic E-state index is 12.3. The van der Waals surface area contributed by atoms with Crippen molar-refractivity contribution in [1.29, 1.82) is 0 Å². The lowest BCUT2D eigenvalue weighted by Gasteiger charge is -2.24. The lowest BCUT2D eigenvalue weighted by Crippen LogP contribution is -2.40. The number of benzene rings is 1. The summed E-state index contributed by atoms with van der Waals surface area (Å²) in [5.74, 6) is -0.388. The number of rotatable bonds is 5. The summed E-state index contributed by atoms with van der Waals surface area (Å²) < 4.78 is 0. The molecular weight excluding hydrogens is 284 g/mol. The van der Waals surface area contributed by atoms with Crippen molar-refractivity contribution in [3.05, 3.63) is 57.8 Å². The van der Waals surface area contributed by atoms with E-state index in [2.05, 4.69) is 11.0 Å². The Morgan fingerprint density at radius 2 is 1.71 bits per heavy atom. The molecule has 21 heavy (non-hydrogen) atoms. The van der Waals surface area contributed by atoms with E-state index in [1.165, 1.54) is 9.78 Å². The molecule has 0 bridgehead atoms. The Balaban J connectivity index is 1.76. The Morgan fingerprint density at radius 1 is 1.05 bits per heavy atom. The minimum absolute atomic E-state index is 0.194. The predicted molar refractivity (Wildman–Crippen MR) is 82.2 cm³/mol. The number of carbonyl (C=O) groups is 2. The fourth-order valence-electron chi connectivity index (χ4n) is 2.45. The molecule has 0 unspecified atom stereocenters. The van der Waals surface area contributed by atoms with Crippen molar-refractivity contribution in [1.82, 2.24) is 9.80 Å². The molecule has 4 nitrogen and oxygen atoms in total. The maximum Gasteiger partial charge on any atom is 0.262 e. The molecule has 1 aromatic carbocycles. The molecule has 0 spiro atoms. The summed E-state index contributed by atoms with van der Waals surface area (Å²) in [6.45, 7) is 3.90. The van der Waals surface area contributed by atoms with Gasteiger partial charge in [0.25, 0.3) is 11.8 Å². The molecular formula is C16H16N2O2S. The van der Waals surface area contributed by atoms with Gasteiger partial charge in [0.1, 0.15) is 0 Å². The summed E-state index contributed by atoms with van der Waals surface area (Å²) in [6, 6.07) is 11.1. The average Bonchev–Trinajstić information content (AvgIpc) is 3.10. The van der Waals surface area contributed by atoms with E-state index in [1.807, 2.05) is 18.4 Å². The van der Waals surface area contributed by atoms with Crippen molar-refractivity contribution >= 4 is 23.2 Å². The molecule has 2 amide bonds. The molecule has 1 aliphatic heterocycles. The van der Waals surface area contributed by atoms with Gasteiger partial charge >= 0.3 is 0 Å². The second kappa shape index (κ2) is 5.79. The zero-order valence-electron chi connectivity index (χ0n) is 11.8. The van der Waals surface area contributed by atoms with Gasteiger partial charge in [0, 0.05) is 11.4 Å². The SMILES string of the molecule is CCN(Cc1cccs1)CN1C(=O)c2ccccc2C1=O. The van der Waals surface area contributed by atoms with E-state index >= 15 is 0 Å². The number of imide groups is 1. The Bertz CT molecular complexity index is 632. The van der Waals surface area contributed by atoms with Gasteiger partial charge in [-0.15, -0.1) is 11.3 Å². The van der Waals surface area contributed by atoms with E-state index in [0.29, 0.717) is 17.8 Å². The van der Waals surface area contributed by atoms with E-state index in [-0.39, 0.29) is 11.8 Å². The highest BCUT2D eigenvalue weighted by Gasteiger charge is 2.35. The Kier molecular flexibility index (Phi) is 3.86. The second-order valence-corrected chi connectivity index (χ2v) is 5.98. The van der Waals surface area contributed by atoms with Gasteiger partial charge in [-0.1, -0.05) is 25.1 Å². The fraction of sp³-hybridized carbons (Fsp3) is 0.250. The van der Waals surface area contributed by atoms with Gasteiger partial charge in [-0.05, 0) is 30.1 Å². The number of carbonyl (C=O) groups excluding carboxylic acids is 2. The number of amides is 2. The molecule has 0 radical (unpaired) electrons. The molecule has 0 saturated carbocycles. The van der Waals surface area contributed by atoms with Crippen molar-refractivity contribution in [2.24, 2.45) is 0 Å². The number of thiophene rings is 1. The van der Waals surface area contributed by atoms with Crippen molar-refractivity contribution in [2.45, 2.75) is 13.5 Å². The van der Waals surface area contributed by atoms with Gasteiger partial charge in [0.05, 0.1) is 17.8 Å². The third kappa shape index (κ3) is 2.62. The highest BCUT2D eigenvalue weighted by atomic mass is 32.1. The molecule has 0 saturated heterocycles. The average molecular weight is 300 g/mol. The van der Waals surface area contributed by atoms with Crippen LogP contribution in [0.1, 0.15) is 32.5 Å². The molecule has 0 N–H and O–H groups in total. The summed E-state index contributed by atoms with van der Waals surface area (Å²) in [4.78, 5) is 29.3. The standard InChI is InChI=1S/C16H16N2O2S/c1-2-17(10-12-6-5-9-21-12)11-18-15(19)13-7-3-4-8-14(13)16(18)20/h3-9H,2,10-11H2,1H3. The molecule has 5 heteroatoms. The van der Waals surface area contributed by atoms with Gasteiger partial charge in [0.15, 0.2) is 0 Å². The number of fused-ring (bicyclic) bond motifs is 1. The van der Waals surface area contributed by atoms with Crippen LogP contribution in [0.15, 0.2) is 41.8 Å². The van der Waals surface area contributed by atoms with E-state index in [0.717, 1.165) is 13.1 Å². The van der Waals surface area contributed by atoms with Crippen LogP contribution in [-0.2, 0) is 6.54 Å². The van der Waals surface area contributed by atoms with Crippen LogP contribution in [0.4, 0.5) is 0 Å². The summed E-state index contributed by atoms with van der Waals surface area (Å²) in [5.41, 5.74) is 1.02. The summed E-state index contributed by atoms with van der Waals surface area (Å²) in [6.07, 6.45) is 0. The van der Waals surface area contributed by atoms with Crippen LogP contribution in [0, 0.1) is 0 Å². The van der Waals surface area contributed by atoms with Gasteiger partial charge in [0.2, 0.25) is 0 Å². The molecule has 2 heterocycles. The summed E-state index contributed by atoms with van der Waals surface area (Å²) in [7, 11) is 0. The monoisotopic (exact) mass is 300 g/mol. The maximum absolute atomic E-state index is 12.3. The van der Waals surface area contributed by atoms with Crippen molar-refractivity contribution in [2.75, 3.05) is 13.2 Å². The molecule has 1 aliphatic rings. The number of hydrogen-bond acceptors (Lipinski definition) is 4. The minimum Gasteiger partial charge on any atom is -0.281 e. The highest BCUT2D eigenvalue weighted by Crippen LogP contribution is 2.23. The minimum atomic E-state index is -0.194. The van der Waals surface area contributed by atoms with E-state index in [9.17, 15) is 9.59 Å². The molecule has 0 atom stereocenters. The van der Waals surface area contributed by atoms with Crippen molar-refractivity contribution in [3.8, 4) is 0 Å². The van der Waals surface area contributed by atoms with Crippen LogP contribution in [-0.4, -0.2) is 34.8 Å². The molecule has 3 rings (SSSR count). The highest BCUT2D eigenvalue weighted by molar-refractivity contribution is 7.09. The largest absolute Gasteiger partial charge is 0.281 e. The predicted octanol–water partition coefficient (Wildman–Crippen LogP) is 2.82. The molecule has 108 valence electrons. The number of nitrogens with zero attached hydrogens (tertiary/aromatic N) is 2. The quantitative estimate of drug-likeness (QED) is 0.797. The third-order valence-corrected chi connectivity index (χ3v) is 4.49. The first-order valence-corrected chi connectivity index (χ1v) is 7.78. The first kappa shape index (κ1) is 14.0. The zero-order chi connectivity index (χ0) is 14.8. The van der Waals surface area contributed by atoms with Crippen LogP contribution in [0.2, 0.25) is 0 Å². The van der Waals surface area contributed by atoms with Crippen LogP contribution in [0.3, 0.4) is 0 Å². The topological polar surface area (TPSA) is 40.6 Å². The van der Waals surface area contributed by atoms with Gasteiger partial charge in [-0.25, -0.2) is 0 Å².